The summed E-state index contributed by atoms with van der Waals surface area (Å²) in [5.74, 6) is -0.209. The van der Waals surface area contributed by atoms with Crippen LogP contribution in [0, 0.1) is 0 Å². The van der Waals surface area contributed by atoms with Gasteiger partial charge in [-0.2, -0.15) is 4.68 Å². The molecule has 3 aromatic rings. The summed E-state index contributed by atoms with van der Waals surface area (Å²) in [6, 6.07) is 15.5. The molecule has 2 aromatic carbocycles. The van der Waals surface area contributed by atoms with Crippen LogP contribution < -0.4 is 5.32 Å². The third kappa shape index (κ3) is 4.46. The number of carbonyl (C=O) groups excluding carboxylic acids is 1. The Morgan fingerprint density at radius 3 is 2.65 bits per heavy atom. The van der Waals surface area contributed by atoms with Gasteiger partial charge in [0.25, 0.3) is 0 Å². The van der Waals surface area contributed by atoms with Crippen molar-refractivity contribution in [3.05, 3.63) is 54.6 Å². The topological polar surface area (TPSA) is 107 Å². The van der Waals surface area contributed by atoms with Gasteiger partial charge in [0.15, 0.2) is 9.84 Å². The van der Waals surface area contributed by atoms with E-state index in [4.69, 9.17) is 0 Å². The number of benzene rings is 2. The zero-order valence-electron chi connectivity index (χ0n) is 13.7. The number of amides is 1. The first-order valence-corrected chi connectivity index (χ1v) is 10.4. The highest BCUT2D eigenvalue weighted by atomic mass is 32.2. The number of aromatic nitrogens is 4. The molecule has 1 N–H and O–H groups in total. The second-order valence-electron chi connectivity index (χ2n) is 5.35. The Morgan fingerprint density at radius 2 is 1.92 bits per heavy atom. The van der Waals surface area contributed by atoms with E-state index < -0.39 is 9.84 Å². The SMILES string of the molecule is CS(=O)(=O)c1cccc(NC(=O)CSc2nnnn2-c2ccccc2)c1. The number of nitrogens with zero attached hydrogens (tertiary/aromatic N) is 4. The Balaban J connectivity index is 1.65. The van der Waals surface area contributed by atoms with Gasteiger partial charge in [0.2, 0.25) is 11.1 Å². The minimum absolute atomic E-state index is 0.0797. The van der Waals surface area contributed by atoms with Crippen molar-refractivity contribution in [3.8, 4) is 5.69 Å². The molecule has 8 nitrogen and oxygen atoms in total. The number of rotatable bonds is 6. The fourth-order valence-electron chi connectivity index (χ4n) is 2.13. The Labute approximate surface area is 154 Å². The van der Waals surface area contributed by atoms with E-state index in [-0.39, 0.29) is 16.6 Å². The van der Waals surface area contributed by atoms with Crippen LogP contribution in [0.5, 0.6) is 0 Å². The largest absolute Gasteiger partial charge is 0.325 e. The van der Waals surface area contributed by atoms with E-state index in [2.05, 4.69) is 20.8 Å². The third-order valence-electron chi connectivity index (χ3n) is 3.32. The van der Waals surface area contributed by atoms with E-state index in [0.29, 0.717) is 10.8 Å². The second kappa shape index (κ2) is 7.67. The number of anilines is 1. The van der Waals surface area contributed by atoms with Crippen molar-refractivity contribution in [1.29, 1.82) is 0 Å². The maximum Gasteiger partial charge on any atom is 0.234 e. The van der Waals surface area contributed by atoms with Crippen molar-refractivity contribution in [2.75, 3.05) is 17.3 Å². The Hall–Kier alpha value is -2.72. The fraction of sp³-hybridized carbons (Fsp3) is 0.125. The van der Waals surface area contributed by atoms with Crippen LogP contribution >= 0.6 is 11.8 Å². The molecule has 0 aliphatic heterocycles. The van der Waals surface area contributed by atoms with Crippen molar-refractivity contribution in [2.45, 2.75) is 10.1 Å². The maximum absolute atomic E-state index is 12.2. The van der Waals surface area contributed by atoms with Crippen LogP contribution in [0.15, 0.2) is 64.6 Å². The van der Waals surface area contributed by atoms with E-state index in [1.807, 2.05) is 30.3 Å². The molecule has 0 unspecified atom stereocenters. The highest BCUT2D eigenvalue weighted by Crippen LogP contribution is 2.19. The monoisotopic (exact) mass is 389 g/mol. The zero-order chi connectivity index (χ0) is 18.6. The van der Waals surface area contributed by atoms with Gasteiger partial charge in [0.1, 0.15) is 0 Å². The molecular formula is C16H15N5O3S2. The van der Waals surface area contributed by atoms with Crippen molar-refractivity contribution < 1.29 is 13.2 Å². The number of sulfone groups is 1. The highest BCUT2D eigenvalue weighted by Gasteiger charge is 2.13. The van der Waals surface area contributed by atoms with Crippen LogP contribution in [0.2, 0.25) is 0 Å². The number of nitrogens with one attached hydrogen (secondary N) is 1. The molecule has 0 saturated carbocycles. The summed E-state index contributed by atoms with van der Waals surface area (Å²) in [6.45, 7) is 0. The summed E-state index contributed by atoms with van der Waals surface area (Å²) in [4.78, 5) is 12.3. The average molecular weight is 389 g/mol. The summed E-state index contributed by atoms with van der Waals surface area (Å²) >= 11 is 1.18. The average Bonchev–Trinajstić information content (AvgIpc) is 3.09. The molecule has 10 heteroatoms. The fourth-order valence-corrected chi connectivity index (χ4v) is 3.49. The van der Waals surface area contributed by atoms with E-state index in [1.165, 1.54) is 23.9 Å². The molecule has 0 saturated heterocycles. The number of thioether (sulfide) groups is 1. The summed E-state index contributed by atoms with van der Waals surface area (Å²) < 4.78 is 24.7. The highest BCUT2D eigenvalue weighted by molar-refractivity contribution is 7.99. The van der Waals surface area contributed by atoms with Gasteiger partial charge >= 0.3 is 0 Å². The molecule has 26 heavy (non-hydrogen) atoms. The number of tetrazole rings is 1. The molecule has 0 aliphatic carbocycles. The van der Waals surface area contributed by atoms with E-state index >= 15 is 0 Å². The van der Waals surface area contributed by atoms with Gasteiger partial charge in [-0.05, 0) is 40.8 Å². The van der Waals surface area contributed by atoms with Gasteiger partial charge in [-0.15, -0.1) is 5.10 Å². The summed E-state index contributed by atoms with van der Waals surface area (Å²) in [7, 11) is -3.33. The van der Waals surface area contributed by atoms with Crippen LogP contribution in [0.25, 0.3) is 5.69 Å². The normalized spacial score (nSPS) is 11.3. The molecule has 0 bridgehead atoms. The van der Waals surface area contributed by atoms with Gasteiger partial charge in [-0.25, -0.2) is 8.42 Å². The smallest absolute Gasteiger partial charge is 0.234 e. The van der Waals surface area contributed by atoms with Crippen molar-refractivity contribution in [2.24, 2.45) is 0 Å². The predicted molar refractivity (Wildman–Crippen MR) is 98.1 cm³/mol. The minimum atomic E-state index is -3.33. The van der Waals surface area contributed by atoms with Crippen molar-refractivity contribution in [3.63, 3.8) is 0 Å². The summed E-state index contributed by atoms with van der Waals surface area (Å²) in [5, 5.41) is 14.6. The molecule has 1 heterocycles. The lowest BCUT2D eigenvalue weighted by Crippen LogP contribution is -2.15. The van der Waals surface area contributed by atoms with E-state index in [0.717, 1.165) is 11.9 Å². The predicted octanol–water partition coefficient (Wildman–Crippen LogP) is 1.80. The lowest BCUT2D eigenvalue weighted by atomic mass is 10.3. The first-order chi connectivity index (χ1) is 12.4. The number of carbonyl (C=O) groups is 1. The second-order valence-corrected chi connectivity index (χ2v) is 8.30. The zero-order valence-corrected chi connectivity index (χ0v) is 15.4. The van der Waals surface area contributed by atoms with Crippen LogP contribution in [0.3, 0.4) is 0 Å². The van der Waals surface area contributed by atoms with Gasteiger partial charge in [0, 0.05) is 11.9 Å². The standard InChI is InChI=1S/C16H15N5O3S2/c1-26(23,24)14-9-5-6-12(10-14)17-15(22)11-25-16-18-19-20-21(16)13-7-3-2-4-8-13/h2-10H,11H2,1H3,(H,17,22). The Bertz CT molecular complexity index is 1020. The molecule has 1 aromatic heterocycles. The van der Waals surface area contributed by atoms with Crippen molar-refractivity contribution >= 4 is 33.2 Å². The molecule has 0 fully saturated rings. The molecule has 0 radical (unpaired) electrons. The molecule has 0 atom stereocenters. The van der Waals surface area contributed by atoms with Crippen molar-refractivity contribution in [1.82, 2.24) is 20.2 Å². The lowest BCUT2D eigenvalue weighted by Gasteiger charge is -2.07. The molecular weight excluding hydrogens is 374 g/mol. The van der Waals surface area contributed by atoms with Gasteiger partial charge in [0.05, 0.1) is 16.3 Å². The Kier molecular flexibility index (Phi) is 5.33. The van der Waals surface area contributed by atoms with E-state index in [1.54, 1.807) is 16.8 Å². The Morgan fingerprint density at radius 1 is 1.15 bits per heavy atom. The van der Waals surface area contributed by atoms with Gasteiger partial charge < -0.3 is 5.32 Å². The number of para-hydroxylation sites is 1. The lowest BCUT2D eigenvalue weighted by molar-refractivity contribution is -0.113. The first kappa shape index (κ1) is 18.1. The maximum atomic E-state index is 12.2. The van der Waals surface area contributed by atoms with Crippen LogP contribution in [-0.2, 0) is 14.6 Å². The first-order valence-electron chi connectivity index (χ1n) is 7.50. The minimum Gasteiger partial charge on any atom is -0.325 e. The third-order valence-corrected chi connectivity index (χ3v) is 5.35. The van der Waals surface area contributed by atoms with Gasteiger partial charge in [-0.1, -0.05) is 36.0 Å². The quantitative estimate of drug-likeness (QED) is 0.641. The molecule has 0 aliphatic rings. The number of hydrogen-bond donors (Lipinski definition) is 1. The number of hydrogen-bond acceptors (Lipinski definition) is 7. The molecule has 3 rings (SSSR count). The molecule has 134 valence electrons. The van der Waals surface area contributed by atoms with Crippen LogP contribution in [0.1, 0.15) is 0 Å². The summed E-state index contributed by atoms with van der Waals surface area (Å²) in [5.41, 5.74) is 1.21. The van der Waals surface area contributed by atoms with Crippen LogP contribution in [-0.4, -0.2) is 46.5 Å². The van der Waals surface area contributed by atoms with Crippen LogP contribution in [0.4, 0.5) is 5.69 Å². The molecule has 0 spiro atoms. The summed E-state index contributed by atoms with van der Waals surface area (Å²) in [6.07, 6.45) is 1.12. The van der Waals surface area contributed by atoms with Gasteiger partial charge in [-0.3, -0.25) is 4.79 Å². The molecule has 1 amide bonds. The van der Waals surface area contributed by atoms with E-state index in [9.17, 15) is 13.2 Å².